The Hall–Kier alpha value is -3.27. The van der Waals surface area contributed by atoms with Crippen molar-refractivity contribution in [2.24, 2.45) is 0 Å². The van der Waals surface area contributed by atoms with E-state index in [4.69, 9.17) is 28.4 Å². The van der Waals surface area contributed by atoms with Crippen LogP contribution < -0.4 is 23.7 Å². The zero-order valence-electron chi connectivity index (χ0n) is 21.2. The van der Waals surface area contributed by atoms with Crippen molar-refractivity contribution in [3.63, 3.8) is 0 Å². The second-order valence-corrected chi connectivity index (χ2v) is 9.01. The highest BCUT2D eigenvalue weighted by molar-refractivity contribution is 6.15. The third kappa shape index (κ3) is 4.50. The van der Waals surface area contributed by atoms with Gasteiger partial charge in [0.25, 0.3) is 0 Å². The summed E-state index contributed by atoms with van der Waals surface area (Å²) in [4.78, 5) is 18.0. The van der Waals surface area contributed by atoms with E-state index >= 15 is 0 Å². The van der Waals surface area contributed by atoms with Crippen molar-refractivity contribution in [2.75, 3.05) is 67.5 Å². The molecule has 0 bridgehead atoms. The number of fused-ring (bicyclic) bond motifs is 2. The molecule has 2 aromatic rings. The average Bonchev–Trinajstić information content (AvgIpc) is 3.22. The Morgan fingerprint density at radius 2 is 1.72 bits per heavy atom. The van der Waals surface area contributed by atoms with E-state index in [0.717, 1.165) is 62.8 Å². The molecule has 0 unspecified atom stereocenters. The van der Waals surface area contributed by atoms with Crippen LogP contribution in [-0.2, 0) is 11.3 Å². The van der Waals surface area contributed by atoms with Crippen LogP contribution in [0.15, 0.2) is 24.0 Å². The van der Waals surface area contributed by atoms with E-state index in [1.165, 1.54) is 0 Å². The van der Waals surface area contributed by atoms with Crippen LogP contribution >= 0.6 is 0 Å². The summed E-state index contributed by atoms with van der Waals surface area (Å²) in [5.74, 6) is 2.86. The van der Waals surface area contributed by atoms with Crippen molar-refractivity contribution in [1.29, 1.82) is 0 Å². The van der Waals surface area contributed by atoms with Gasteiger partial charge in [-0.3, -0.25) is 14.6 Å². The molecule has 2 aromatic carbocycles. The summed E-state index contributed by atoms with van der Waals surface area (Å²) in [6, 6.07) is 5.48. The van der Waals surface area contributed by atoms with Crippen LogP contribution in [0.3, 0.4) is 0 Å². The van der Waals surface area contributed by atoms with E-state index in [0.29, 0.717) is 40.9 Å². The van der Waals surface area contributed by atoms with Crippen molar-refractivity contribution in [3.05, 3.63) is 46.2 Å². The predicted molar refractivity (Wildman–Crippen MR) is 133 cm³/mol. The van der Waals surface area contributed by atoms with E-state index in [1.807, 2.05) is 13.0 Å². The van der Waals surface area contributed by atoms with Crippen molar-refractivity contribution >= 4 is 11.9 Å². The first-order valence-corrected chi connectivity index (χ1v) is 12.1. The predicted octanol–water partition coefficient (Wildman–Crippen LogP) is 3.12. The number of ketones is 1. The lowest BCUT2D eigenvalue weighted by Crippen LogP contribution is -2.43. The Labute approximate surface area is 211 Å². The minimum Gasteiger partial charge on any atom is -0.493 e. The quantitative estimate of drug-likeness (QED) is 0.537. The number of carbonyl (C=O) groups excluding carboxylic acids is 1. The van der Waals surface area contributed by atoms with Crippen LogP contribution in [0.1, 0.15) is 27.0 Å². The monoisotopic (exact) mass is 496 g/mol. The van der Waals surface area contributed by atoms with Crippen molar-refractivity contribution in [1.82, 2.24) is 9.80 Å². The molecule has 9 heteroatoms. The Kier molecular flexibility index (Phi) is 7.04. The summed E-state index contributed by atoms with van der Waals surface area (Å²) < 4.78 is 34.0. The van der Waals surface area contributed by atoms with E-state index in [9.17, 15) is 4.79 Å². The molecule has 192 valence electrons. The van der Waals surface area contributed by atoms with Crippen LogP contribution in [0, 0.1) is 6.92 Å². The minimum absolute atomic E-state index is 0.168. The fraction of sp³-hybridized carbons (Fsp3) is 0.444. The number of Topliss-reactive ketones (excluding diaryl/α,β-unsaturated/α-hetero) is 1. The largest absolute Gasteiger partial charge is 0.493 e. The second-order valence-electron chi connectivity index (χ2n) is 9.01. The smallest absolute Gasteiger partial charge is 0.231 e. The van der Waals surface area contributed by atoms with Crippen molar-refractivity contribution in [2.45, 2.75) is 13.5 Å². The van der Waals surface area contributed by atoms with Crippen LogP contribution in [0.4, 0.5) is 0 Å². The fourth-order valence-corrected chi connectivity index (χ4v) is 4.93. The third-order valence-corrected chi connectivity index (χ3v) is 6.86. The van der Waals surface area contributed by atoms with E-state index < -0.39 is 0 Å². The van der Waals surface area contributed by atoms with E-state index in [2.05, 4.69) is 9.80 Å². The highest BCUT2D eigenvalue weighted by Crippen LogP contribution is 2.45. The zero-order valence-corrected chi connectivity index (χ0v) is 21.2. The Bertz CT molecular complexity index is 1190. The highest BCUT2D eigenvalue weighted by Gasteiger charge is 2.34. The molecule has 5 rings (SSSR count). The number of nitrogens with zero attached hydrogens (tertiary/aromatic N) is 2. The zero-order chi connectivity index (χ0) is 25.2. The van der Waals surface area contributed by atoms with Gasteiger partial charge in [-0.2, -0.15) is 0 Å². The van der Waals surface area contributed by atoms with Crippen LogP contribution in [0.2, 0.25) is 0 Å². The van der Waals surface area contributed by atoms with Crippen LogP contribution in [-0.4, -0.2) is 83.0 Å². The fourth-order valence-electron chi connectivity index (χ4n) is 4.93. The lowest BCUT2D eigenvalue weighted by atomic mass is 10.00. The molecule has 3 aliphatic heterocycles. The number of morpholine rings is 1. The summed E-state index contributed by atoms with van der Waals surface area (Å²) in [5, 5.41) is 0. The topological polar surface area (TPSA) is 78.9 Å². The molecule has 0 N–H and O–H groups in total. The van der Waals surface area contributed by atoms with Crippen molar-refractivity contribution in [3.8, 4) is 28.7 Å². The Morgan fingerprint density at radius 1 is 0.972 bits per heavy atom. The van der Waals surface area contributed by atoms with E-state index in [1.54, 1.807) is 39.5 Å². The molecule has 36 heavy (non-hydrogen) atoms. The maximum absolute atomic E-state index is 13.4. The maximum Gasteiger partial charge on any atom is 0.231 e. The van der Waals surface area contributed by atoms with Gasteiger partial charge in [-0.15, -0.1) is 0 Å². The number of benzene rings is 2. The SMILES string of the molecule is COc1ccc(/C=C2\Oc3c(cc4c(c3C)OCN(CCN3CCOCC3)C4)C2=O)c(OC)c1OC. The molecule has 1 saturated heterocycles. The number of rotatable bonds is 7. The van der Waals surface area contributed by atoms with Crippen molar-refractivity contribution < 1.29 is 33.2 Å². The Balaban J connectivity index is 1.38. The normalized spacial score (nSPS) is 18.9. The van der Waals surface area contributed by atoms with Gasteiger partial charge in [-0.05, 0) is 31.2 Å². The molecule has 3 aliphatic rings. The molecule has 0 amide bonds. The summed E-state index contributed by atoms with van der Waals surface area (Å²) in [7, 11) is 4.65. The molecular weight excluding hydrogens is 464 g/mol. The number of carbonyl (C=O) groups is 1. The van der Waals surface area contributed by atoms with Gasteiger partial charge in [0.2, 0.25) is 11.5 Å². The molecule has 1 fully saturated rings. The lowest BCUT2D eigenvalue weighted by Gasteiger charge is -2.33. The number of hydrogen-bond acceptors (Lipinski definition) is 9. The molecule has 0 saturated carbocycles. The van der Waals surface area contributed by atoms with Gasteiger partial charge in [-0.1, -0.05) is 0 Å². The van der Waals surface area contributed by atoms with Gasteiger partial charge in [0, 0.05) is 49.4 Å². The maximum atomic E-state index is 13.4. The molecule has 9 nitrogen and oxygen atoms in total. The number of ether oxygens (including phenoxy) is 6. The van der Waals surface area contributed by atoms with Crippen LogP contribution in [0.25, 0.3) is 6.08 Å². The van der Waals surface area contributed by atoms with Gasteiger partial charge in [-0.25, -0.2) is 0 Å². The summed E-state index contributed by atoms with van der Waals surface area (Å²) in [6.45, 7) is 8.54. The number of allylic oxidation sites excluding steroid dienone is 1. The minimum atomic E-state index is -0.168. The molecule has 0 aliphatic carbocycles. The van der Waals surface area contributed by atoms with E-state index in [-0.39, 0.29) is 11.5 Å². The highest BCUT2D eigenvalue weighted by atomic mass is 16.5. The molecule has 0 radical (unpaired) electrons. The summed E-state index contributed by atoms with van der Waals surface area (Å²) >= 11 is 0. The van der Waals surface area contributed by atoms with Gasteiger partial charge in [0.1, 0.15) is 18.2 Å². The van der Waals surface area contributed by atoms with Gasteiger partial charge < -0.3 is 28.4 Å². The van der Waals surface area contributed by atoms with Crippen LogP contribution in [0.5, 0.6) is 28.7 Å². The molecule has 0 spiro atoms. The molecule has 0 aromatic heterocycles. The van der Waals surface area contributed by atoms with Gasteiger partial charge in [0.15, 0.2) is 17.3 Å². The average molecular weight is 497 g/mol. The molecule has 0 atom stereocenters. The second kappa shape index (κ2) is 10.4. The molecular formula is C27H32N2O7. The van der Waals surface area contributed by atoms with Gasteiger partial charge in [0.05, 0.1) is 40.1 Å². The first kappa shape index (κ1) is 24.4. The first-order valence-electron chi connectivity index (χ1n) is 12.1. The first-order chi connectivity index (χ1) is 17.5. The number of methoxy groups -OCH3 is 3. The lowest BCUT2D eigenvalue weighted by molar-refractivity contribution is 0.0239. The summed E-state index contributed by atoms with van der Waals surface area (Å²) in [6.07, 6.45) is 1.68. The standard InChI is InChI=1S/C27H32N2O7/c1-17-24-19(15-29(16-35-24)8-7-28-9-11-34-12-10-28)13-20-23(30)22(36-25(17)20)14-18-5-6-21(31-2)27(33-4)26(18)32-3/h5-6,13-14H,7-12,15-16H2,1-4H3/b22-14-. The third-order valence-electron chi connectivity index (χ3n) is 6.86. The number of hydrogen-bond donors (Lipinski definition) is 0. The molecule has 3 heterocycles. The summed E-state index contributed by atoms with van der Waals surface area (Å²) in [5.41, 5.74) is 3.04. The van der Waals surface area contributed by atoms with Gasteiger partial charge >= 0.3 is 0 Å². The Morgan fingerprint density at radius 3 is 2.44 bits per heavy atom.